The van der Waals surface area contributed by atoms with Crippen LogP contribution >= 0.6 is 0 Å². The first kappa shape index (κ1) is 15.2. The van der Waals surface area contributed by atoms with E-state index < -0.39 is 0 Å². The molecule has 1 heterocycles. The van der Waals surface area contributed by atoms with Gasteiger partial charge in [-0.15, -0.1) is 0 Å². The van der Waals surface area contributed by atoms with E-state index in [1.54, 1.807) is 12.1 Å². The molecular formula is C17H22N2O3. The number of benzene rings is 1. The largest absolute Gasteiger partial charge is 0.299 e. The van der Waals surface area contributed by atoms with Crippen LogP contribution in [0.15, 0.2) is 24.3 Å². The summed E-state index contributed by atoms with van der Waals surface area (Å²) in [5.74, 6) is 0.412. The molecule has 22 heavy (non-hydrogen) atoms. The molecular weight excluding hydrogens is 280 g/mol. The van der Waals surface area contributed by atoms with E-state index in [-0.39, 0.29) is 22.6 Å². The minimum absolute atomic E-state index is 0.0494. The van der Waals surface area contributed by atoms with Crippen molar-refractivity contribution in [1.82, 2.24) is 4.90 Å². The van der Waals surface area contributed by atoms with Crippen LogP contribution in [0, 0.1) is 16.0 Å². The Morgan fingerprint density at radius 2 is 1.77 bits per heavy atom. The molecule has 1 aromatic rings. The third-order valence-corrected chi connectivity index (χ3v) is 4.96. The van der Waals surface area contributed by atoms with Gasteiger partial charge in [0.1, 0.15) is 5.78 Å². The van der Waals surface area contributed by atoms with E-state index in [2.05, 4.69) is 4.90 Å². The van der Waals surface area contributed by atoms with Gasteiger partial charge in [-0.2, -0.15) is 0 Å². The van der Waals surface area contributed by atoms with E-state index in [4.69, 9.17) is 0 Å². The molecule has 0 spiro atoms. The summed E-state index contributed by atoms with van der Waals surface area (Å²) in [5.41, 5.74) is 1.16. The Labute approximate surface area is 130 Å². The molecule has 1 aromatic carbocycles. The second-order valence-electron chi connectivity index (χ2n) is 6.36. The predicted octanol–water partition coefficient (Wildman–Crippen LogP) is 3.49. The lowest BCUT2D eigenvalue weighted by Crippen LogP contribution is -2.36. The van der Waals surface area contributed by atoms with E-state index in [9.17, 15) is 14.9 Å². The molecule has 2 atom stereocenters. The Hall–Kier alpha value is -1.75. The van der Waals surface area contributed by atoms with E-state index in [0.29, 0.717) is 12.2 Å². The Morgan fingerprint density at radius 3 is 2.36 bits per heavy atom. The summed E-state index contributed by atoms with van der Waals surface area (Å²) in [6.45, 7) is 2.04. The van der Waals surface area contributed by atoms with Gasteiger partial charge in [-0.1, -0.05) is 18.6 Å². The minimum Gasteiger partial charge on any atom is -0.299 e. The zero-order valence-electron chi connectivity index (χ0n) is 12.7. The van der Waals surface area contributed by atoms with Crippen LogP contribution < -0.4 is 0 Å². The van der Waals surface area contributed by atoms with Gasteiger partial charge < -0.3 is 0 Å². The Kier molecular flexibility index (Phi) is 4.52. The minimum atomic E-state index is -0.375. The lowest BCUT2D eigenvalue weighted by atomic mass is 9.79. The van der Waals surface area contributed by atoms with Gasteiger partial charge in [0, 0.05) is 30.5 Å². The molecule has 0 amide bonds. The first-order valence-electron chi connectivity index (χ1n) is 8.18. The molecule has 3 rings (SSSR count). The van der Waals surface area contributed by atoms with Gasteiger partial charge in [0.2, 0.25) is 0 Å². The molecule has 1 saturated heterocycles. The summed E-state index contributed by atoms with van der Waals surface area (Å²) in [6.07, 6.45) is 6.07. The monoisotopic (exact) mass is 302 g/mol. The van der Waals surface area contributed by atoms with Crippen molar-refractivity contribution in [2.75, 3.05) is 13.1 Å². The molecule has 1 aliphatic carbocycles. The van der Waals surface area contributed by atoms with Crippen molar-refractivity contribution in [2.24, 2.45) is 5.92 Å². The molecule has 118 valence electrons. The number of nitro benzene ring substituents is 1. The summed E-state index contributed by atoms with van der Waals surface area (Å²) in [7, 11) is 0. The second kappa shape index (κ2) is 6.57. The van der Waals surface area contributed by atoms with Crippen LogP contribution in [0.3, 0.4) is 0 Å². The maximum absolute atomic E-state index is 12.4. The first-order chi connectivity index (χ1) is 10.7. The van der Waals surface area contributed by atoms with Crippen LogP contribution in [0.4, 0.5) is 5.69 Å². The standard InChI is InChI=1S/C17H22N2O3/c20-16-6-2-1-5-15(16)17(18-11-3-4-12-18)13-7-9-14(10-8-13)19(21)22/h7-10,15,17H,1-6,11-12H2. The molecule has 0 radical (unpaired) electrons. The maximum atomic E-state index is 12.4. The van der Waals surface area contributed by atoms with Crippen molar-refractivity contribution >= 4 is 11.5 Å². The fourth-order valence-electron chi connectivity index (χ4n) is 3.85. The van der Waals surface area contributed by atoms with Gasteiger partial charge >= 0.3 is 0 Å². The van der Waals surface area contributed by atoms with E-state index in [1.807, 2.05) is 12.1 Å². The number of non-ortho nitro benzene ring substituents is 1. The molecule has 2 aliphatic rings. The smallest absolute Gasteiger partial charge is 0.269 e. The predicted molar refractivity (Wildman–Crippen MR) is 83.6 cm³/mol. The summed E-state index contributed by atoms with van der Waals surface area (Å²) < 4.78 is 0. The molecule has 0 N–H and O–H groups in total. The van der Waals surface area contributed by atoms with Crippen LogP contribution in [-0.4, -0.2) is 28.7 Å². The van der Waals surface area contributed by atoms with Crippen molar-refractivity contribution in [2.45, 2.75) is 44.6 Å². The van der Waals surface area contributed by atoms with Crippen molar-refractivity contribution in [3.05, 3.63) is 39.9 Å². The molecule has 5 heteroatoms. The topological polar surface area (TPSA) is 63.4 Å². The van der Waals surface area contributed by atoms with E-state index >= 15 is 0 Å². The molecule has 0 aromatic heterocycles. The number of nitro groups is 1. The van der Waals surface area contributed by atoms with Gasteiger partial charge in [0.15, 0.2) is 0 Å². The highest BCUT2D eigenvalue weighted by atomic mass is 16.6. The van der Waals surface area contributed by atoms with Gasteiger partial charge in [-0.05, 0) is 44.3 Å². The molecule has 1 aliphatic heterocycles. The summed E-state index contributed by atoms with van der Waals surface area (Å²) >= 11 is 0. The lowest BCUT2D eigenvalue weighted by Gasteiger charge is -2.36. The number of ketones is 1. The maximum Gasteiger partial charge on any atom is 0.269 e. The second-order valence-corrected chi connectivity index (χ2v) is 6.36. The Balaban J connectivity index is 1.90. The number of Topliss-reactive ketones (excluding diaryl/α,β-unsaturated/α-hetero) is 1. The average molecular weight is 302 g/mol. The quantitative estimate of drug-likeness (QED) is 0.631. The summed E-state index contributed by atoms with van der Waals surface area (Å²) in [4.78, 5) is 25.3. The van der Waals surface area contributed by atoms with E-state index in [1.165, 1.54) is 12.8 Å². The third kappa shape index (κ3) is 3.04. The number of nitrogens with zero attached hydrogens (tertiary/aromatic N) is 2. The molecule has 2 unspecified atom stereocenters. The molecule has 2 fully saturated rings. The normalized spacial score (nSPS) is 24.4. The molecule has 5 nitrogen and oxygen atoms in total. The highest BCUT2D eigenvalue weighted by molar-refractivity contribution is 5.82. The number of likely N-dealkylation sites (tertiary alicyclic amines) is 1. The fourth-order valence-corrected chi connectivity index (χ4v) is 3.85. The van der Waals surface area contributed by atoms with Crippen LogP contribution in [0.1, 0.15) is 50.1 Å². The number of rotatable bonds is 4. The van der Waals surface area contributed by atoms with Gasteiger partial charge in [-0.3, -0.25) is 19.8 Å². The van der Waals surface area contributed by atoms with Crippen molar-refractivity contribution in [1.29, 1.82) is 0 Å². The fraction of sp³-hybridized carbons (Fsp3) is 0.588. The Morgan fingerprint density at radius 1 is 1.09 bits per heavy atom. The summed E-state index contributed by atoms with van der Waals surface area (Å²) in [5, 5.41) is 10.8. The van der Waals surface area contributed by atoms with E-state index in [0.717, 1.165) is 37.9 Å². The zero-order valence-corrected chi connectivity index (χ0v) is 12.7. The lowest BCUT2D eigenvalue weighted by molar-refractivity contribution is -0.384. The average Bonchev–Trinajstić information content (AvgIpc) is 3.04. The highest BCUT2D eigenvalue weighted by Crippen LogP contribution is 2.38. The first-order valence-corrected chi connectivity index (χ1v) is 8.18. The molecule has 0 bridgehead atoms. The Bertz CT molecular complexity index is 550. The van der Waals surface area contributed by atoms with Crippen LogP contribution in [0.25, 0.3) is 0 Å². The number of hydrogen-bond acceptors (Lipinski definition) is 4. The zero-order chi connectivity index (χ0) is 15.5. The summed E-state index contributed by atoms with van der Waals surface area (Å²) in [6, 6.07) is 6.89. The number of carbonyl (C=O) groups is 1. The number of carbonyl (C=O) groups excluding carboxylic acids is 1. The highest BCUT2D eigenvalue weighted by Gasteiger charge is 2.36. The van der Waals surface area contributed by atoms with Crippen molar-refractivity contribution < 1.29 is 9.72 Å². The van der Waals surface area contributed by atoms with Crippen LogP contribution in [0.5, 0.6) is 0 Å². The number of hydrogen-bond donors (Lipinski definition) is 0. The van der Waals surface area contributed by atoms with Gasteiger partial charge in [0.05, 0.1) is 4.92 Å². The van der Waals surface area contributed by atoms with Gasteiger partial charge in [0.25, 0.3) is 5.69 Å². The van der Waals surface area contributed by atoms with Crippen molar-refractivity contribution in [3.8, 4) is 0 Å². The van der Waals surface area contributed by atoms with Crippen molar-refractivity contribution in [3.63, 3.8) is 0 Å². The third-order valence-electron chi connectivity index (χ3n) is 4.96. The van der Waals surface area contributed by atoms with Gasteiger partial charge in [-0.25, -0.2) is 0 Å². The van der Waals surface area contributed by atoms with Crippen LogP contribution in [0.2, 0.25) is 0 Å². The van der Waals surface area contributed by atoms with Crippen LogP contribution in [-0.2, 0) is 4.79 Å². The molecule has 1 saturated carbocycles. The SMILES string of the molecule is O=C1CCCCC1C(c1ccc([N+](=O)[O-])cc1)N1CCCC1.